The molecule has 168 valence electrons. The number of quaternary nitrogens is 1. The van der Waals surface area contributed by atoms with E-state index in [1.54, 1.807) is 36.4 Å². The number of likely N-dealkylation sites (N-methyl/N-ethyl adjacent to an activating group) is 1. The lowest BCUT2D eigenvalue weighted by atomic mass is 10.1. The van der Waals surface area contributed by atoms with Gasteiger partial charge < -0.3 is 24.7 Å². The Kier molecular flexibility index (Phi) is 6.27. The van der Waals surface area contributed by atoms with E-state index < -0.39 is 11.2 Å². The Bertz CT molecular complexity index is 1260. The van der Waals surface area contributed by atoms with Crippen molar-refractivity contribution in [2.75, 3.05) is 33.0 Å². The van der Waals surface area contributed by atoms with Crippen molar-refractivity contribution in [2.45, 2.75) is 20.4 Å². The Morgan fingerprint density at radius 1 is 1.09 bits per heavy atom. The van der Waals surface area contributed by atoms with Crippen LogP contribution in [0.2, 0.25) is 0 Å². The molecule has 0 spiro atoms. The number of H-pyrrole nitrogens is 1. The van der Waals surface area contributed by atoms with Gasteiger partial charge in [0.2, 0.25) is 6.79 Å². The normalized spacial score (nSPS) is 12.5. The van der Waals surface area contributed by atoms with E-state index in [9.17, 15) is 14.4 Å². The van der Waals surface area contributed by atoms with Crippen molar-refractivity contribution < 1.29 is 19.2 Å². The van der Waals surface area contributed by atoms with Crippen LogP contribution in [0.1, 0.15) is 29.8 Å². The van der Waals surface area contributed by atoms with E-state index >= 15 is 0 Å². The zero-order valence-corrected chi connectivity index (χ0v) is 18.2. The topological polar surface area (TPSA) is 107 Å². The maximum absolute atomic E-state index is 13.0. The van der Waals surface area contributed by atoms with Crippen LogP contribution in [-0.2, 0) is 6.54 Å². The average Bonchev–Trinajstić information content (AvgIpc) is 3.27. The molecule has 32 heavy (non-hydrogen) atoms. The van der Waals surface area contributed by atoms with Crippen LogP contribution in [-0.4, -0.2) is 48.4 Å². The second-order valence-corrected chi connectivity index (χ2v) is 7.73. The van der Waals surface area contributed by atoms with Gasteiger partial charge in [-0.15, -0.1) is 0 Å². The predicted octanol–water partition coefficient (Wildman–Crippen LogP) is 0.121. The third-order valence-corrected chi connectivity index (χ3v) is 5.79. The van der Waals surface area contributed by atoms with Crippen LogP contribution in [0.3, 0.4) is 0 Å². The van der Waals surface area contributed by atoms with Crippen LogP contribution in [0.25, 0.3) is 10.9 Å². The third kappa shape index (κ3) is 4.38. The summed E-state index contributed by atoms with van der Waals surface area (Å²) >= 11 is 0. The number of carbonyl (C=O) groups is 1. The first-order valence-corrected chi connectivity index (χ1v) is 10.8. The Labute approximate surface area is 184 Å². The van der Waals surface area contributed by atoms with E-state index in [1.165, 1.54) is 4.90 Å². The first kappa shape index (κ1) is 21.6. The highest BCUT2D eigenvalue weighted by Crippen LogP contribution is 2.32. The standard InChI is InChI=1S/C23H26N4O5/c1-3-26(4-2)10-9-24-21(28)16-6-7-17-18(12-16)25-23(30)27(22(17)29)13-15-5-8-19-20(11-15)32-14-31-19/h5-8,11-12H,3-4,9-10,13-14H2,1-2H3,(H,24,28)(H,25,30)/p+1. The highest BCUT2D eigenvalue weighted by Gasteiger charge is 2.16. The summed E-state index contributed by atoms with van der Waals surface area (Å²) in [6.07, 6.45) is 0. The van der Waals surface area contributed by atoms with Crippen molar-refractivity contribution in [2.24, 2.45) is 0 Å². The number of nitrogens with zero attached hydrogens (tertiary/aromatic N) is 1. The minimum atomic E-state index is -0.539. The molecule has 4 rings (SSSR count). The fourth-order valence-corrected chi connectivity index (χ4v) is 3.82. The number of benzene rings is 2. The molecule has 2 aromatic carbocycles. The number of hydrogen-bond acceptors (Lipinski definition) is 5. The molecular weight excluding hydrogens is 412 g/mol. The monoisotopic (exact) mass is 439 g/mol. The van der Waals surface area contributed by atoms with Gasteiger partial charge in [0.25, 0.3) is 11.5 Å². The smallest absolute Gasteiger partial charge is 0.329 e. The van der Waals surface area contributed by atoms with Gasteiger partial charge in [-0.3, -0.25) is 14.2 Å². The Morgan fingerprint density at radius 3 is 2.66 bits per heavy atom. The minimum absolute atomic E-state index is 0.0939. The Balaban J connectivity index is 1.55. The maximum atomic E-state index is 13.0. The Hall–Kier alpha value is -3.59. The fraction of sp³-hybridized carbons (Fsp3) is 0.348. The van der Waals surface area contributed by atoms with Crippen molar-refractivity contribution in [3.8, 4) is 11.5 Å². The molecule has 0 unspecified atom stereocenters. The second kappa shape index (κ2) is 9.27. The van der Waals surface area contributed by atoms with Gasteiger partial charge in [0.05, 0.1) is 43.6 Å². The molecule has 0 bridgehead atoms. The number of carbonyl (C=O) groups excluding carboxylic acids is 1. The lowest BCUT2D eigenvalue weighted by Crippen LogP contribution is -3.12. The van der Waals surface area contributed by atoms with Gasteiger partial charge in [-0.05, 0) is 49.7 Å². The molecule has 0 aliphatic carbocycles. The lowest BCUT2D eigenvalue weighted by Gasteiger charge is -2.15. The minimum Gasteiger partial charge on any atom is -0.454 e. The number of nitrogens with one attached hydrogen (secondary N) is 3. The molecule has 0 saturated carbocycles. The van der Waals surface area contributed by atoms with Crippen LogP contribution in [0.4, 0.5) is 0 Å². The first-order valence-electron chi connectivity index (χ1n) is 10.8. The van der Waals surface area contributed by atoms with Crippen LogP contribution < -0.4 is 30.9 Å². The van der Waals surface area contributed by atoms with Crippen molar-refractivity contribution >= 4 is 16.8 Å². The van der Waals surface area contributed by atoms with Crippen molar-refractivity contribution in [3.05, 3.63) is 68.4 Å². The molecule has 1 aliphatic heterocycles. The molecule has 1 aliphatic rings. The molecule has 0 radical (unpaired) electrons. The summed E-state index contributed by atoms with van der Waals surface area (Å²) in [4.78, 5) is 42.2. The van der Waals surface area contributed by atoms with Gasteiger partial charge in [-0.2, -0.15) is 0 Å². The SMILES string of the molecule is CC[NH+](CC)CCNC(=O)c1ccc2c(=O)n(Cc3ccc4c(c3)OCO4)c(=O)[nH]c2c1. The van der Waals surface area contributed by atoms with E-state index in [-0.39, 0.29) is 19.2 Å². The summed E-state index contributed by atoms with van der Waals surface area (Å²) < 4.78 is 11.8. The van der Waals surface area contributed by atoms with Crippen LogP contribution in [0, 0.1) is 0 Å². The lowest BCUT2D eigenvalue weighted by molar-refractivity contribution is -0.895. The van der Waals surface area contributed by atoms with Gasteiger partial charge in [0, 0.05) is 5.56 Å². The zero-order valence-electron chi connectivity index (χ0n) is 18.2. The van der Waals surface area contributed by atoms with Crippen molar-refractivity contribution in [1.82, 2.24) is 14.9 Å². The van der Waals surface area contributed by atoms with Gasteiger partial charge in [-0.25, -0.2) is 4.79 Å². The fourth-order valence-electron chi connectivity index (χ4n) is 3.82. The Morgan fingerprint density at radius 2 is 1.88 bits per heavy atom. The van der Waals surface area contributed by atoms with Gasteiger partial charge in [0.1, 0.15) is 0 Å². The third-order valence-electron chi connectivity index (χ3n) is 5.79. The summed E-state index contributed by atoms with van der Waals surface area (Å²) in [6, 6.07) is 10.0. The first-order chi connectivity index (χ1) is 15.5. The number of amides is 1. The maximum Gasteiger partial charge on any atom is 0.329 e. The van der Waals surface area contributed by atoms with Crippen LogP contribution in [0.15, 0.2) is 46.0 Å². The van der Waals surface area contributed by atoms with Gasteiger partial charge >= 0.3 is 5.69 Å². The summed E-state index contributed by atoms with van der Waals surface area (Å²) in [5.74, 6) is 0.993. The molecule has 0 saturated heterocycles. The van der Waals surface area contributed by atoms with Crippen molar-refractivity contribution in [1.29, 1.82) is 0 Å². The van der Waals surface area contributed by atoms with E-state index in [1.807, 2.05) is 0 Å². The molecular formula is C23H27N4O5+. The molecule has 9 nitrogen and oxygen atoms in total. The number of aromatic amines is 1. The quantitative estimate of drug-likeness (QED) is 0.462. The number of rotatable bonds is 8. The summed E-state index contributed by atoms with van der Waals surface area (Å²) in [5, 5.41) is 3.24. The summed E-state index contributed by atoms with van der Waals surface area (Å²) in [7, 11) is 0. The molecule has 0 atom stereocenters. The van der Waals surface area contributed by atoms with Crippen LogP contribution in [0.5, 0.6) is 11.5 Å². The molecule has 0 fully saturated rings. The molecule has 9 heteroatoms. The highest BCUT2D eigenvalue weighted by molar-refractivity contribution is 5.97. The van der Waals surface area contributed by atoms with Crippen molar-refractivity contribution in [3.63, 3.8) is 0 Å². The van der Waals surface area contributed by atoms with Crippen LogP contribution >= 0.6 is 0 Å². The summed E-state index contributed by atoms with van der Waals surface area (Å²) in [5.41, 5.74) is 0.522. The number of aromatic nitrogens is 2. The summed E-state index contributed by atoms with van der Waals surface area (Å²) in [6.45, 7) is 7.87. The van der Waals surface area contributed by atoms with Gasteiger partial charge in [0.15, 0.2) is 11.5 Å². The molecule has 3 aromatic rings. The second-order valence-electron chi connectivity index (χ2n) is 7.73. The zero-order chi connectivity index (χ0) is 22.7. The highest BCUT2D eigenvalue weighted by atomic mass is 16.7. The largest absolute Gasteiger partial charge is 0.454 e. The van der Waals surface area contributed by atoms with E-state index in [0.29, 0.717) is 34.5 Å². The average molecular weight is 439 g/mol. The molecule has 3 N–H and O–H groups in total. The molecule has 2 heterocycles. The van der Waals surface area contributed by atoms with E-state index in [0.717, 1.165) is 29.8 Å². The van der Waals surface area contributed by atoms with E-state index in [4.69, 9.17) is 9.47 Å². The number of fused-ring (bicyclic) bond motifs is 2. The predicted molar refractivity (Wildman–Crippen MR) is 120 cm³/mol. The molecule has 1 amide bonds. The molecule has 1 aromatic heterocycles. The van der Waals surface area contributed by atoms with E-state index in [2.05, 4.69) is 24.1 Å². The number of hydrogen-bond donors (Lipinski definition) is 3. The van der Waals surface area contributed by atoms with Gasteiger partial charge in [-0.1, -0.05) is 6.07 Å². The number of ether oxygens (including phenoxy) is 2.